The summed E-state index contributed by atoms with van der Waals surface area (Å²) in [5, 5.41) is 104. The molecule has 3 aliphatic rings. The first kappa shape index (κ1) is 106. The predicted octanol–water partition coefficient (Wildman–Crippen LogP) is 3.83. The van der Waals surface area contributed by atoms with E-state index >= 15 is 0 Å². The molecule has 3 heterocycles. The van der Waals surface area contributed by atoms with E-state index in [1.165, 1.54) is 0 Å². The van der Waals surface area contributed by atoms with Gasteiger partial charge in [0, 0.05) is 123 Å². The van der Waals surface area contributed by atoms with Crippen LogP contribution < -0.4 is 32.3 Å². The molecule has 0 radical (unpaired) electrons. The predicted molar refractivity (Wildman–Crippen MR) is 396 cm³/mol. The number of carbonyl (C=O) groups is 6. The number of ketones is 1. The summed E-state index contributed by atoms with van der Waals surface area (Å²) in [6.45, 7) is 15.1. The van der Waals surface area contributed by atoms with E-state index in [1.54, 1.807) is 27.9 Å². The Balaban J connectivity index is -0.00000488. The first-order valence-corrected chi connectivity index (χ1v) is 39.2. The van der Waals surface area contributed by atoms with Gasteiger partial charge in [0.2, 0.25) is 29.5 Å². The maximum Gasteiger partial charge on any atom is 0.471 e. The van der Waals surface area contributed by atoms with Crippen molar-refractivity contribution in [1.29, 1.82) is 0 Å². The fourth-order valence-corrected chi connectivity index (χ4v) is 11.7. The van der Waals surface area contributed by atoms with Crippen LogP contribution in [-0.2, 0) is 75.5 Å². The molecule has 5 amide bonds. The number of phosphoric ester groups is 1. The summed E-state index contributed by atoms with van der Waals surface area (Å²) >= 11 is 0. The van der Waals surface area contributed by atoms with E-state index in [2.05, 4.69) is 35.6 Å². The highest BCUT2D eigenvalue weighted by molar-refractivity contribution is 7.47. The summed E-state index contributed by atoms with van der Waals surface area (Å²) in [4.78, 5) is 88.3. The Kier molecular flexibility index (Phi) is 65.6. The lowest BCUT2D eigenvalue weighted by Gasteiger charge is -2.40. The summed E-state index contributed by atoms with van der Waals surface area (Å²) in [6.07, 6.45) is -0.510. The zero-order valence-electron chi connectivity index (χ0n) is 63.2. The molecular formula is C72H145N6O26P. The van der Waals surface area contributed by atoms with Crippen LogP contribution >= 0.6 is 7.82 Å². The van der Waals surface area contributed by atoms with Crippen molar-refractivity contribution in [2.24, 2.45) is 29.4 Å². The smallest absolute Gasteiger partial charge is 0.394 e. The molecule has 0 bridgehead atoms. The number of hydrogen-bond donors (Lipinski definition) is 16. The molecule has 3 saturated heterocycles. The summed E-state index contributed by atoms with van der Waals surface area (Å²) in [6, 6.07) is -0.960. The molecule has 624 valence electrons. The number of aliphatic hydroxyl groups excluding tert-OH is 9. The Hall–Kier alpha value is -3.55. The van der Waals surface area contributed by atoms with Gasteiger partial charge in [-0.3, -0.25) is 37.8 Å². The lowest BCUT2D eigenvalue weighted by Crippen LogP contribution is -2.55. The van der Waals surface area contributed by atoms with Crippen LogP contribution in [0.4, 0.5) is 0 Å². The highest BCUT2D eigenvalue weighted by Crippen LogP contribution is 2.42. The number of nitrogens with two attached hydrogens (primary N) is 1. The van der Waals surface area contributed by atoms with Crippen molar-refractivity contribution >= 4 is 43.1 Å². The van der Waals surface area contributed by atoms with E-state index in [9.17, 15) is 79.3 Å². The second-order valence-electron chi connectivity index (χ2n) is 25.8. The van der Waals surface area contributed by atoms with E-state index < -0.39 is 137 Å². The second-order valence-corrected chi connectivity index (χ2v) is 27.4. The van der Waals surface area contributed by atoms with Crippen molar-refractivity contribution in [1.82, 2.24) is 26.6 Å². The molecule has 0 aromatic heterocycles. The van der Waals surface area contributed by atoms with Crippen LogP contribution in [0.15, 0.2) is 0 Å². The third-order valence-electron chi connectivity index (χ3n) is 17.7. The number of amides is 5. The number of rotatable bonds is 54. The molecule has 0 spiro atoms. The first-order chi connectivity index (χ1) is 49.4. The molecular weight excluding hydrogens is 1400 g/mol. The topological polar surface area (TPSA) is 491 Å². The number of aliphatic hydroxyl groups is 9. The standard InChI is InChI=1S/C59H107N5O22.C7H18NO4P.2C2H6.2CH4/c1-37-50(73)53(76)43(34-65)84-57(37)81-30-15-9-22-47(70)60-25-13-7-19-40(56(79)63-27-12-5-6-21-46(69)62-28-18-29-80-4)33-42(68)41(64-49(72)24-11-17-32-83-59-39(3)52(75)55(78)45(36-67)86-59)20-8-14-26-61-48(71)23-10-16-31-82-58-38(2)51(74)54(77)44(35-66)85-58;1-11-13(9,10)12-7-5-3-2-4-6-8;2*1-2;;/h37-41,43-45,50-55,57-59,65-67,73-78H,5-36H2,1-4H3,(H,60,70)(H,61,71)(H,62,69)(H,63,79)(H,64,72);2-8H2,1H3,(H,9,10);2*1-2H3;2*1H4/t37?,38?,39?,40?,41?,43?,44?,45?,50-,51-,52-,53+,54+,55+,57-,58-,59-;;;;;/m1...../s1. The molecule has 3 fully saturated rings. The van der Waals surface area contributed by atoms with Crippen LogP contribution in [-0.4, -0.2) is 266 Å². The quantitative estimate of drug-likeness (QED) is 0.0304. The number of hydrogen-bond acceptors (Lipinski definition) is 26. The Morgan fingerprint density at radius 3 is 1.20 bits per heavy atom. The van der Waals surface area contributed by atoms with E-state index in [0.717, 1.165) is 32.8 Å². The number of nitrogens with one attached hydrogen (secondary N) is 5. The molecule has 0 aromatic carbocycles. The van der Waals surface area contributed by atoms with Gasteiger partial charge >= 0.3 is 7.82 Å². The molecule has 3 aliphatic heterocycles. The van der Waals surface area contributed by atoms with Gasteiger partial charge in [-0.2, -0.15) is 0 Å². The SMILES string of the molecule is C.C.CC.CC.COCCCNC(=O)CCCCCNC(=O)C(CCCCNC(=O)CCCCO[C@@H]1OC(CO)[C@H](O)[C@H](O)C1C)CC(=O)C(CCCCNC(=O)CCCCO[C@@H]1OC(CO)[C@H](O)[C@H](O)C1C)NC(=O)CCCCO[C@@H]1OC(CO)[C@H](O)[C@H](O)C1C.COP(=O)(O)OCCCCCCN. The van der Waals surface area contributed by atoms with Gasteiger partial charge in [0.15, 0.2) is 24.7 Å². The highest BCUT2D eigenvalue weighted by Gasteiger charge is 2.45. The minimum atomic E-state index is -3.75. The van der Waals surface area contributed by atoms with E-state index in [0.29, 0.717) is 142 Å². The lowest BCUT2D eigenvalue weighted by atomic mass is 9.91. The minimum absolute atomic E-state index is 0. The number of unbranched alkanes of at least 4 members (excludes halogenated alkanes) is 10. The average Bonchev–Trinajstić information content (AvgIpc) is 0.835. The van der Waals surface area contributed by atoms with E-state index in [1.807, 2.05) is 27.7 Å². The molecule has 9 unspecified atom stereocenters. The largest absolute Gasteiger partial charge is 0.471 e. The maximum absolute atomic E-state index is 14.3. The summed E-state index contributed by atoms with van der Waals surface area (Å²) < 4.78 is 58.8. The molecule has 18 atom stereocenters. The van der Waals surface area contributed by atoms with Crippen LogP contribution in [0, 0.1) is 23.7 Å². The van der Waals surface area contributed by atoms with Crippen molar-refractivity contribution in [3.63, 3.8) is 0 Å². The molecule has 0 aromatic rings. The number of carbonyl (C=O) groups excluding carboxylic acids is 6. The van der Waals surface area contributed by atoms with Gasteiger partial charge in [-0.1, -0.05) is 89.0 Å². The first-order valence-electron chi connectivity index (χ1n) is 37.7. The highest BCUT2D eigenvalue weighted by atomic mass is 31.2. The number of ether oxygens (including phenoxy) is 7. The van der Waals surface area contributed by atoms with Gasteiger partial charge in [0.25, 0.3) is 0 Å². The van der Waals surface area contributed by atoms with Gasteiger partial charge in [0.05, 0.1) is 50.8 Å². The number of methoxy groups -OCH3 is 1. The molecule has 0 aliphatic carbocycles. The van der Waals surface area contributed by atoms with Gasteiger partial charge in [-0.25, -0.2) is 4.57 Å². The molecule has 17 N–H and O–H groups in total. The van der Waals surface area contributed by atoms with Crippen molar-refractivity contribution in [2.45, 2.75) is 304 Å². The fourth-order valence-electron chi connectivity index (χ4n) is 11.2. The summed E-state index contributed by atoms with van der Waals surface area (Å²) in [5.74, 6) is -3.93. The number of phosphoric acid groups is 1. The Labute approximate surface area is 626 Å². The van der Waals surface area contributed by atoms with Crippen LogP contribution in [0.1, 0.15) is 224 Å². The van der Waals surface area contributed by atoms with Gasteiger partial charge in [-0.05, 0) is 109 Å². The Morgan fingerprint density at radius 1 is 0.448 bits per heavy atom. The monoisotopic (exact) mass is 1540 g/mol. The van der Waals surface area contributed by atoms with Crippen molar-refractivity contribution in [2.75, 3.05) is 99.8 Å². The van der Waals surface area contributed by atoms with Crippen LogP contribution in [0.25, 0.3) is 0 Å². The zero-order valence-corrected chi connectivity index (χ0v) is 64.1. The third-order valence-corrected chi connectivity index (χ3v) is 18.7. The third kappa shape index (κ3) is 46.0. The average molecular weight is 1540 g/mol. The minimum Gasteiger partial charge on any atom is -0.394 e. The fraction of sp³-hybridized carbons (Fsp3) is 0.917. The van der Waals surface area contributed by atoms with Gasteiger partial charge < -0.3 is 116 Å². The van der Waals surface area contributed by atoms with E-state index in [4.69, 9.17) is 43.8 Å². The van der Waals surface area contributed by atoms with Gasteiger partial charge in [0.1, 0.15) is 36.6 Å². The van der Waals surface area contributed by atoms with Crippen molar-refractivity contribution in [3.05, 3.63) is 0 Å². The van der Waals surface area contributed by atoms with Crippen LogP contribution in [0.3, 0.4) is 0 Å². The summed E-state index contributed by atoms with van der Waals surface area (Å²) in [5.41, 5.74) is 5.30. The Bertz CT molecular complexity index is 2240. The maximum atomic E-state index is 14.3. The van der Waals surface area contributed by atoms with Crippen LogP contribution in [0.5, 0.6) is 0 Å². The molecule has 3 rings (SSSR count). The lowest BCUT2D eigenvalue weighted by molar-refractivity contribution is -0.282. The summed E-state index contributed by atoms with van der Waals surface area (Å²) in [7, 11) is -1.01. The van der Waals surface area contributed by atoms with Crippen molar-refractivity contribution < 1.29 is 126 Å². The second kappa shape index (κ2) is 65.2. The van der Waals surface area contributed by atoms with Gasteiger partial charge in [-0.15, -0.1) is 0 Å². The Morgan fingerprint density at radius 2 is 0.800 bits per heavy atom. The normalized spacial score (nSPS) is 25.2. The van der Waals surface area contributed by atoms with Crippen molar-refractivity contribution in [3.8, 4) is 0 Å². The zero-order chi connectivity index (χ0) is 77.5. The molecule has 105 heavy (non-hydrogen) atoms. The number of Topliss-reactive ketones (excluding diaryl/α,β-unsaturated/α-hetero) is 1. The van der Waals surface area contributed by atoms with Crippen LogP contribution in [0.2, 0.25) is 0 Å². The molecule has 33 heteroatoms. The molecule has 32 nitrogen and oxygen atoms in total. The molecule has 0 saturated carbocycles. The van der Waals surface area contributed by atoms with E-state index in [-0.39, 0.29) is 103 Å².